The van der Waals surface area contributed by atoms with Gasteiger partial charge in [0.1, 0.15) is 0 Å². The molecule has 8 heavy (non-hydrogen) atoms. The van der Waals surface area contributed by atoms with Crippen LogP contribution in [-0.4, -0.2) is 19.6 Å². The molecule has 0 atom stereocenters. The monoisotopic (exact) mass is 116 g/mol. The first-order chi connectivity index (χ1) is 3.68. The van der Waals surface area contributed by atoms with Gasteiger partial charge < -0.3 is 10.5 Å². The summed E-state index contributed by atoms with van der Waals surface area (Å²) < 4.78 is 4.63. The SMILES string of the molecule is COC[C](C)C(N)=O. The molecule has 0 aliphatic heterocycles. The average Bonchev–Trinajstić information content (AvgIpc) is 1.67. The highest BCUT2D eigenvalue weighted by atomic mass is 16.5. The van der Waals surface area contributed by atoms with E-state index in [1.807, 2.05) is 0 Å². The summed E-state index contributed by atoms with van der Waals surface area (Å²) in [6, 6.07) is 0. The van der Waals surface area contributed by atoms with Gasteiger partial charge in [-0.2, -0.15) is 0 Å². The number of hydrogen-bond acceptors (Lipinski definition) is 2. The van der Waals surface area contributed by atoms with Crippen LogP contribution < -0.4 is 5.73 Å². The minimum absolute atomic E-state index is 0.329. The number of ether oxygens (including phenoxy) is 1. The standard InChI is InChI=1S/C5H10NO2/c1-4(3-8-2)5(6)7/h3H2,1-2H3,(H2,6,7). The molecule has 0 bridgehead atoms. The van der Waals surface area contributed by atoms with Crippen LogP contribution in [0.5, 0.6) is 0 Å². The molecule has 0 aliphatic rings. The first-order valence-electron chi connectivity index (χ1n) is 2.29. The fourth-order valence-electron chi connectivity index (χ4n) is 0.288. The maximum absolute atomic E-state index is 10.2. The molecule has 0 saturated carbocycles. The second kappa shape index (κ2) is 3.43. The normalized spacial score (nSPS) is 9.88. The van der Waals surface area contributed by atoms with Gasteiger partial charge in [0, 0.05) is 7.11 Å². The fourth-order valence-corrected chi connectivity index (χ4v) is 0.288. The molecule has 3 heteroatoms. The highest BCUT2D eigenvalue weighted by Gasteiger charge is 2.06. The second-order valence-electron chi connectivity index (χ2n) is 1.58. The van der Waals surface area contributed by atoms with Crippen LogP contribution in [0.25, 0.3) is 0 Å². The predicted molar refractivity (Wildman–Crippen MR) is 30.0 cm³/mol. The van der Waals surface area contributed by atoms with E-state index >= 15 is 0 Å². The number of amides is 1. The third-order valence-corrected chi connectivity index (χ3v) is 0.781. The van der Waals surface area contributed by atoms with E-state index in [-0.39, 0.29) is 0 Å². The smallest absolute Gasteiger partial charge is 0.226 e. The van der Waals surface area contributed by atoms with Crippen molar-refractivity contribution >= 4 is 5.91 Å². The molecule has 0 spiro atoms. The first kappa shape index (κ1) is 7.43. The number of methoxy groups -OCH3 is 1. The Hall–Kier alpha value is -0.570. The van der Waals surface area contributed by atoms with Crippen molar-refractivity contribution in [3.8, 4) is 0 Å². The molecule has 0 fully saturated rings. The molecule has 0 aromatic rings. The van der Waals surface area contributed by atoms with E-state index in [1.54, 1.807) is 6.92 Å². The molecule has 0 aromatic carbocycles. The second-order valence-corrected chi connectivity index (χ2v) is 1.58. The van der Waals surface area contributed by atoms with Crippen molar-refractivity contribution in [1.82, 2.24) is 0 Å². The molecule has 2 N–H and O–H groups in total. The van der Waals surface area contributed by atoms with Gasteiger partial charge in [-0.3, -0.25) is 4.79 Å². The van der Waals surface area contributed by atoms with Gasteiger partial charge in [0.25, 0.3) is 0 Å². The van der Waals surface area contributed by atoms with Crippen molar-refractivity contribution in [2.24, 2.45) is 5.73 Å². The van der Waals surface area contributed by atoms with E-state index in [1.165, 1.54) is 7.11 Å². The van der Waals surface area contributed by atoms with Gasteiger partial charge >= 0.3 is 0 Å². The minimum Gasteiger partial charge on any atom is -0.384 e. The summed E-state index contributed by atoms with van der Waals surface area (Å²) in [7, 11) is 1.52. The molecule has 0 aliphatic carbocycles. The molecular weight excluding hydrogens is 106 g/mol. The lowest BCUT2D eigenvalue weighted by molar-refractivity contribution is -0.116. The Kier molecular flexibility index (Phi) is 3.19. The van der Waals surface area contributed by atoms with Crippen molar-refractivity contribution in [3.63, 3.8) is 0 Å². The summed E-state index contributed by atoms with van der Waals surface area (Å²) in [5.74, 6) is 0.152. The van der Waals surface area contributed by atoms with E-state index in [2.05, 4.69) is 4.74 Å². The van der Waals surface area contributed by atoms with Crippen LogP contribution in [0.1, 0.15) is 6.92 Å². The lowest BCUT2D eigenvalue weighted by Crippen LogP contribution is -2.22. The maximum Gasteiger partial charge on any atom is 0.226 e. The summed E-state index contributed by atoms with van der Waals surface area (Å²) in [5.41, 5.74) is 4.87. The van der Waals surface area contributed by atoms with Crippen LogP contribution in [0.4, 0.5) is 0 Å². The average molecular weight is 116 g/mol. The fraction of sp³-hybridized carbons (Fsp3) is 0.600. The van der Waals surface area contributed by atoms with Crippen LogP contribution in [-0.2, 0) is 9.53 Å². The van der Waals surface area contributed by atoms with Gasteiger partial charge in [-0.1, -0.05) is 0 Å². The lowest BCUT2D eigenvalue weighted by atomic mass is 10.2. The van der Waals surface area contributed by atoms with Crippen LogP contribution in [0, 0.1) is 5.92 Å². The zero-order valence-electron chi connectivity index (χ0n) is 5.10. The summed E-state index contributed by atoms with van der Waals surface area (Å²) >= 11 is 0. The molecule has 3 nitrogen and oxygen atoms in total. The molecule has 1 radical (unpaired) electrons. The van der Waals surface area contributed by atoms with Gasteiger partial charge in [-0.15, -0.1) is 0 Å². The Balaban J connectivity index is 3.32. The Morgan fingerprint density at radius 2 is 2.25 bits per heavy atom. The van der Waals surface area contributed by atoms with Crippen LogP contribution in [0.2, 0.25) is 0 Å². The van der Waals surface area contributed by atoms with E-state index in [0.717, 1.165) is 0 Å². The Labute approximate surface area is 48.8 Å². The molecule has 47 valence electrons. The Bertz CT molecular complexity index is 82.5. The molecule has 1 amide bonds. The van der Waals surface area contributed by atoms with Gasteiger partial charge in [0.2, 0.25) is 5.91 Å². The zero-order valence-corrected chi connectivity index (χ0v) is 5.10. The van der Waals surface area contributed by atoms with E-state index in [9.17, 15) is 4.79 Å². The van der Waals surface area contributed by atoms with Crippen molar-refractivity contribution in [1.29, 1.82) is 0 Å². The molecule has 0 heterocycles. The number of carbonyl (C=O) groups is 1. The van der Waals surface area contributed by atoms with Gasteiger partial charge in [0.15, 0.2) is 0 Å². The topological polar surface area (TPSA) is 52.3 Å². The summed E-state index contributed by atoms with van der Waals surface area (Å²) in [5, 5.41) is 0. The number of hydrogen-bond donors (Lipinski definition) is 1. The van der Waals surface area contributed by atoms with Crippen LogP contribution in [0.15, 0.2) is 0 Å². The highest BCUT2D eigenvalue weighted by Crippen LogP contribution is 1.93. The van der Waals surface area contributed by atoms with Crippen molar-refractivity contribution in [3.05, 3.63) is 5.92 Å². The minimum atomic E-state index is -0.396. The molecular formula is C5H10NO2. The summed E-state index contributed by atoms with van der Waals surface area (Å²) in [6.45, 7) is 1.97. The third-order valence-electron chi connectivity index (χ3n) is 0.781. The Morgan fingerprint density at radius 3 is 2.38 bits per heavy atom. The number of nitrogens with two attached hydrogens (primary N) is 1. The quantitative estimate of drug-likeness (QED) is 0.551. The van der Waals surface area contributed by atoms with Gasteiger partial charge in [0.05, 0.1) is 12.5 Å². The van der Waals surface area contributed by atoms with E-state index in [4.69, 9.17) is 5.73 Å². The zero-order chi connectivity index (χ0) is 6.57. The first-order valence-corrected chi connectivity index (χ1v) is 2.29. The lowest BCUT2D eigenvalue weighted by Gasteiger charge is -2.01. The van der Waals surface area contributed by atoms with Gasteiger partial charge in [-0.05, 0) is 6.92 Å². The van der Waals surface area contributed by atoms with Crippen molar-refractivity contribution in [2.75, 3.05) is 13.7 Å². The highest BCUT2D eigenvalue weighted by molar-refractivity contribution is 5.87. The largest absolute Gasteiger partial charge is 0.384 e. The summed E-state index contributed by atoms with van der Waals surface area (Å²) in [4.78, 5) is 10.2. The molecule has 0 saturated heterocycles. The van der Waals surface area contributed by atoms with E-state index < -0.39 is 5.91 Å². The molecule has 0 rings (SSSR count). The number of primary amides is 1. The van der Waals surface area contributed by atoms with Crippen LogP contribution >= 0.6 is 0 Å². The van der Waals surface area contributed by atoms with Gasteiger partial charge in [-0.25, -0.2) is 0 Å². The number of carbonyl (C=O) groups excluding carboxylic acids is 1. The van der Waals surface area contributed by atoms with E-state index in [0.29, 0.717) is 12.5 Å². The molecule has 0 unspecified atom stereocenters. The van der Waals surface area contributed by atoms with Crippen LogP contribution in [0.3, 0.4) is 0 Å². The Morgan fingerprint density at radius 1 is 1.75 bits per heavy atom. The predicted octanol–water partition coefficient (Wildman–Crippen LogP) is -0.288. The summed E-state index contributed by atoms with van der Waals surface area (Å²) in [6.07, 6.45) is 0. The van der Waals surface area contributed by atoms with Crippen molar-refractivity contribution in [2.45, 2.75) is 6.92 Å². The molecule has 0 aromatic heterocycles. The maximum atomic E-state index is 10.2. The number of rotatable bonds is 3. The third kappa shape index (κ3) is 2.58. The van der Waals surface area contributed by atoms with Crippen molar-refractivity contribution < 1.29 is 9.53 Å².